The molecule has 11 unspecified atom stereocenters. The SMILES string of the molecule is CC1=C2C(O)C(=O)C3(C)C(O)CC4OCC4(O)C3C(OC(=O)c3ccccc3)C(O)(CC1OC(=O)C(C)C(NC(=O)OC(C)(C)C)c1ccccc1)C2(C)C. The summed E-state index contributed by atoms with van der Waals surface area (Å²) in [6, 6.07) is 15.9. The van der Waals surface area contributed by atoms with E-state index in [1.807, 2.05) is 0 Å². The van der Waals surface area contributed by atoms with Gasteiger partial charge in [0.2, 0.25) is 0 Å². The number of ketones is 1. The molecule has 1 saturated heterocycles. The summed E-state index contributed by atoms with van der Waals surface area (Å²) in [6.07, 6.45) is -8.60. The number of alkyl carbamates (subject to hydrolysis) is 1. The number of hydrogen-bond acceptors (Lipinski definition) is 12. The van der Waals surface area contributed by atoms with E-state index in [9.17, 15) is 39.6 Å². The number of fused-ring (bicyclic) bond motifs is 5. The molecule has 2 aromatic carbocycles. The lowest BCUT2D eigenvalue weighted by molar-refractivity contribution is -0.343. The van der Waals surface area contributed by atoms with E-state index in [0.29, 0.717) is 5.56 Å². The number of ether oxygens (including phenoxy) is 4. The van der Waals surface area contributed by atoms with Crippen molar-refractivity contribution in [2.75, 3.05) is 6.61 Å². The first-order valence-corrected chi connectivity index (χ1v) is 18.8. The van der Waals surface area contributed by atoms with Gasteiger partial charge in [-0.3, -0.25) is 9.59 Å². The minimum atomic E-state index is -2.23. The predicted molar refractivity (Wildman–Crippen MR) is 197 cm³/mol. The number of nitrogens with one attached hydrogen (secondary N) is 1. The molecule has 2 saturated carbocycles. The summed E-state index contributed by atoms with van der Waals surface area (Å²) in [6.45, 7) is 12.6. The molecule has 3 aliphatic carbocycles. The van der Waals surface area contributed by atoms with E-state index in [2.05, 4.69) is 5.32 Å². The van der Waals surface area contributed by atoms with Gasteiger partial charge in [-0.15, -0.1) is 0 Å². The molecule has 3 fully saturated rings. The van der Waals surface area contributed by atoms with Crippen LogP contribution < -0.4 is 5.32 Å². The Morgan fingerprint density at radius 1 is 0.945 bits per heavy atom. The van der Waals surface area contributed by atoms with Crippen LogP contribution in [0.4, 0.5) is 4.79 Å². The highest BCUT2D eigenvalue weighted by atomic mass is 16.6. The standard InChI is InChI=1S/C42H53NO12/c1-22-26(53-35(47)23(2)30(24-15-11-9-12-16-24)43-37(49)55-38(3,4)5)20-42(51)34(54-36(48)25-17-13-10-14-18-25)32-40(8,27(44)19-28-41(32,50)21-52-28)33(46)31(45)29(22)39(42,6)7/h9-18,23,26-28,30-32,34,44-45,50-51H,19-21H2,1-8H3,(H,43,49). The van der Waals surface area contributed by atoms with Crippen molar-refractivity contribution >= 4 is 23.8 Å². The van der Waals surface area contributed by atoms with Gasteiger partial charge in [0, 0.05) is 24.2 Å². The second kappa shape index (κ2) is 14.1. The van der Waals surface area contributed by atoms with E-state index in [1.165, 1.54) is 19.1 Å². The zero-order valence-electron chi connectivity index (χ0n) is 32.6. The first kappa shape index (κ1) is 40.5. The quantitative estimate of drug-likeness (QED) is 0.155. The number of carbonyl (C=O) groups excluding carboxylic acids is 4. The summed E-state index contributed by atoms with van der Waals surface area (Å²) in [5, 5.41) is 52.1. The Morgan fingerprint density at radius 2 is 1.55 bits per heavy atom. The number of Topliss-reactive ketones (excluding diaryl/α,β-unsaturated/α-hetero) is 1. The van der Waals surface area contributed by atoms with Crippen molar-refractivity contribution in [1.29, 1.82) is 0 Å². The Bertz CT molecular complexity index is 1860. The van der Waals surface area contributed by atoms with Gasteiger partial charge < -0.3 is 44.7 Å². The largest absolute Gasteiger partial charge is 0.457 e. The number of aliphatic hydroxyl groups excluding tert-OH is 2. The minimum Gasteiger partial charge on any atom is -0.457 e. The summed E-state index contributed by atoms with van der Waals surface area (Å²) >= 11 is 0. The van der Waals surface area contributed by atoms with Crippen LogP contribution in [0.1, 0.15) is 90.2 Å². The molecule has 13 nitrogen and oxygen atoms in total. The number of carbonyl (C=O) groups is 4. The lowest BCUT2D eigenvalue weighted by Gasteiger charge is -2.66. The summed E-state index contributed by atoms with van der Waals surface area (Å²) < 4.78 is 23.6. The van der Waals surface area contributed by atoms with Crippen LogP contribution in [-0.4, -0.2) is 98.2 Å². The molecule has 4 aliphatic rings. The van der Waals surface area contributed by atoms with Gasteiger partial charge in [0.1, 0.15) is 35.1 Å². The number of aliphatic hydroxyl groups is 4. The van der Waals surface area contributed by atoms with Gasteiger partial charge in [0.05, 0.1) is 41.8 Å². The number of hydrogen-bond donors (Lipinski definition) is 5. The van der Waals surface area contributed by atoms with E-state index in [-0.39, 0.29) is 36.2 Å². The van der Waals surface area contributed by atoms with Gasteiger partial charge >= 0.3 is 18.0 Å². The molecule has 5 N–H and O–H groups in total. The second-order valence-corrected chi connectivity index (χ2v) is 17.4. The third-order valence-corrected chi connectivity index (χ3v) is 12.6. The summed E-state index contributed by atoms with van der Waals surface area (Å²) in [4.78, 5) is 55.9. The Kier molecular flexibility index (Phi) is 10.4. The number of rotatable bonds is 7. The molecule has 2 aromatic rings. The minimum absolute atomic E-state index is 0.0369. The monoisotopic (exact) mass is 763 g/mol. The van der Waals surface area contributed by atoms with Crippen molar-refractivity contribution in [3.8, 4) is 0 Å². The van der Waals surface area contributed by atoms with Gasteiger partial charge in [-0.2, -0.15) is 0 Å². The van der Waals surface area contributed by atoms with E-state index >= 15 is 0 Å². The normalized spacial score (nSPS) is 35.0. The number of esters is 2. The van der Waals surface area contributed by atoms with Gasteiger partial charge in [0.25, 0.3) is 0 Å². The Labute approximate surface area is 321 Å². The summed E-state index contributed by atoms with van der Waals surface area (Å²) in [7, 11) is 0. The number of amides is 1. The fourth-order valence-electron chi connectivity index (χ4n) is 9.35. The molecule has 0 radical (unpaired) electrons. The van der Waals surface area contributed by atoms with Crippen molar-refractivity contribution in [1.82, 2.24) is 5.32 Å². The van der Waals surface area contributed by atoms with Crippen molar-refractivity contribution in [2.45, 2.75) is 122 Å². The van der Waals surface area contributed by atoms with Crippen LogP contribution >= 0.6 is 0 Å². The molecule has 1 heterocycles. The topological polar surface area (TPSA) is 198 Å². The van der Waals surface area contributed by atoms with Gasteiger partial charge in [-0.25, -0.2) is 9.59 Å². The Hall–Kier alpha value is -4.14. The highest BCUT2D eigenvalue weighted by Gasteiger charge is 2.76. The van der Waals surface area contributed by atoms with E-state index in [0.717, 1.165) is 0 Å². The third-order valence-electron chi connectivity index (χ3n) is 12.6. The third kappa shape index (κ3) is 6.67. The van der Waals surface area contributed by atoms with Crippen LogP contribution in [0, 0.1) is 22.7 Å². The van der Waals surface area contributed by atoms with Crippen LogP contribution in [0.5, 0.6) is 0 Å². The summed E-state index contributed by atoms with van der Waals surface area (Å²) in [5.41, 5.74) is -7.32. The molecule has 0 spiro atoms. The molecule has 298 valence electrons. The van der Waals surface area contributed by atoms with Crippen LogP contribution in [-0.2, 0) is 28.5 Å². The first-order valence-electron chi connectivity index (χ1n) is 18.8. The van der Waals surface area contributed by atoms with E-state index in [1.54, 1.807) is 97.0 Å². The lowest BCUT2D eigenvalue weighted by Crippen LogP contribution is -2.81. The van der Waals surface area contributed by atoms with Gasteiger partial charge in [-0.1, -0.05) is 62.4 Å². The maximum atomic E-state index is 14.7. The highest BCUT2D eigenvalue weighted by molar-refractivity contribution is 5.94. The van der Waals surface area contributed by atoms with Crippen LogP contribution in [0.15, 0.2) is 71.8 Å². The van der Waals surface area contributed by atoms with Gasteiger partial charge in [-0.05, 0) is 70.4 Å². The molecule has 0 aromatic heterocycles. The molecule has 11 atom stereocenters. The second-order valence-electron chi connectivity index (χ2n) is 17.4. The van der Waals surface area contributed by atoms with Crippen molar-refractivity contribution in [3.63, 3.8) is 0 Å². The van der Waals surface area contributed by atoms with Crippen molar-refractivity contribution in [2.24, 2.45) is 22.7 Å². The summed E-state index contributed by atoms with van der Waals surface area (Å²) in [5.74, 6) is -4.99. The molecule has 6 rings (SSSR count). The van der Waals surface area contributed by atoms with Gasteiger partial charge in [0.15, 0.2) is 5.78 Å². The average Bonchev–Trinajstić information content (AvgIpc) is 3.12. The molecule has 1 aliphatic heterocycles. The molecule has 1 amide bonds. The van der Waals surface area contributed by atoms with E-state index < -0.39 is 99.8 Å². The number of benzene rings is 2. The predicted octanol–water partition coefficient (Wildman–Crippen LogP) is 3.96. The van der Waals surface area contributed by atoms with Crippen molar-refractivity contribution in [3.05, 3.63) is 82.9 Å². The highest BCUT2D eigenvalue weighted by Crippen LogP contribution is 2.63. The zero-order valence-corrected chi connectivity index (χ0v) is 32.6. The van der Waals surface area contributed by atoms with E-state index in [4.69, 9.17) is 18.9 Å². The fourth-order valence-corrected chi connectivity index (χ4v) is 9.35. The molecule has 55 heavy (non-hydrogen) atoms. The fraction of sp³-hybridized carbons (Fsp3) is 0.571. The molecular weight excluding hydrogens is 710 g/mol. The zero-order chi connectivity index (χ0) is 40.5. The lowest BCUT2D eigenvalue weighted by atomic mass is 9.44. The Morgan fingerprint density at radius 3 is 2.11 bits per heavy atom. The molecular formula is C42H53NO12. The maximum absolute atomic E-state index is 14.7. The smallest absolute Gasteiger partial charge is 0.408 e. The van der Waals surface area contributed by atoms with Crippen LogP contribution in [0.3, 0.4) is 0 Å². The van der Waals surface area contributed by atoms with Crippen molar-refractivity contribution < 1.29 is 58.6 Å². The molecule has 2 bridgehead atoms. The van der Waals surface area contributed by atoms with Crippen LogP contribution in [0.2, 0.25) is 0 Å². The average molecular weight is 764 g/mol. The maximum Gasteiger partial charge on any atom is 0.408 e. The van der Waals surface area contributed by atoms with Crippen LogP contribution in [0.25, 0.3) is 0 Å². The Balaban J connectivity index is 1.45. The molecule has 13 heteroatoms. The first-order chi connectivity index (χ1) is 25.6.